The Hall–Kier alpha value is -0.880. The van der Waals surface area contributed by atoms with Crippen molar-refractivity contribution in [2.24, 2.45) is 10.4 Å². The van der Waals surface area contributed by atoms with Gasteiger partial charge in [-0.3, -0.25) is 4.99 Å². The number of hydrogen-bond acceptors (Lipinski definition) is 5. The molecule has 0 atom stereocenters. The van der Waals surface area contributed by atoms with Crippen LogP contribution in [0.3, 0.4) is 0 Å². The van der Waals surface area contributed by atoms with Gasteiger partial charge in [0.15, 0.2) is 5.96 Å². The molecule has 1 saturated heterocycles. The lowest BCUT2D eigenvalue weighted by atomic mass is 9.90. The maximum atomic E-state index is 12.6. The van der Waals surface area contributed by atoms with Gasteiger partial charge in [-0.15, -0.1) is 24.0 Å². The van der Waals surface area contributed by atoms with Crippen LogP contribution in [-0.4, -0.2) is 68.0 Å². The fraction of sp³-hybridized carbons (Fsp3) is 0.789. The Labute approximate surface area is 192 Å². The average Bonchev–Trinajstić information content (AvgIpc) is 3.12. The molecule has 29 heavy (non-hydrogen) atoms. The number of aromatic nitrogens is 1. The molecule has 0 amide bonds. The summed E-state index contributed by atoms with van der Waals surface area (Å²) in [7, 11) is -3.38. The van der Waals surface area contributed by atoms with Crippen LogP contribution in [0.25, 0.3) is 0 Å². The summed E-state index contributed by atoms with van der Waals surface area (Å²) < 4.78 is 31.4. The maximum absolute atomic E-state index is 12.6. The standard InChI is InChI=1S/C19H35N5O3S.HI/c1-5-20-18(21-10-7-6-9-19(2,3)4)23-11-13-24(14-12-23)28(25,26)16-17-8-15-27-22-17;/h8,15H,5-7,9-14,16H2,1-4H3,(H,20,21);1H. The van der Waals surface area contributed by atoms with E-state index >= 15 is 0 Å². The zero-order valence-electron chi connectivity index (χ0n) is 18.1. The molecule has 168 valence electrons. The van der Waals surface area contributed by atoms with Crippen LogP contribution in [0, 0.1) is 5.41 Å². The number of halogens is 1. The van der Waals surface area contributed by atoms with Gasteiger partial charge in [0.25, 0.3) is 0 Å². The van der Waals surface area contributed by atoms with Gasteiger partial charge in [0, 0.05) is 45.3 Å². The van der Waals surface area contributed by atoms with Crippen LogP contribution in [0.15, 0.2) is 21.8 Å². The summed E-state index contributed by atoms with van der Waals surface area (Å²) in [5, 5.41) is 7.04. The third-order valence-electron chi connectivity index (χ3n) is 4.68. The zero-order valence-corrected chi connectivity index (χ0v) is 21.2. The van der Waals surface area contributed by atoms with Crippen molar-refractivity contribution < 1.29 is 12.9 Å². The Kier molecular flexibility index (Phi) is 10.9. The lowest BCUT2D eigenvalue weighted by molar-refractivity contribution is 0.259. The summed E-state index contributed by atoms with van der Waals surface area (Å²) in [5.74, 6) is 0.762. The lowest BCUT2D eigenvalue weighted by Gasteiger charge is -2.35. The number of aliphatic imine (C=N–C) groups is 1. The van der Waals surface area contributed by atoms with Gasteiger partial charge in [-0.2, -0.15) is 4.31 Å². The maximum Gasteiger partial charge on any atom is 0.220 e. The van der Waals surface area contributed by atoms with E-state index in [4.69, 9.17) is 9.52 Å². The Morgan fingerprint density at radius 2 is 1.93 bits per heavy atom. The van der Waals surface area contributed by atoms with E-state index in [-0.39, 0.29) is 29.7 Å². The summed E-state index contributed by atoms with van der Waals surface area (Å²) in [5.41, 5.74) is 0.801. The van der Waals surface area contributed by atoms with Crippen LogP contribution < -0.4 is 5.32 Å². The van der Waals surface area contributed by atoms with Crippen LogP contribution in [0.4, 0.5) is 0 Å². The van der Waals surface area contributed by atoms with Gasteiger partial charge in [0.05, 0.1) is 5.69 Å². The third kappa shape index (κ3) is 9.20. The molecule has 1 aliphatic heterocycles. The van der Waals surface area contributed by atoms with Crippen LogP contribution in [0.2, 0.25) is 0 Å². The minimum Gasteiger partial charge on any atom is -0.364 e. The first-order chi connectivity index (χ1) is 13.2. The summed E-state index contributed by atoms with van der Waals surface area (Å²) in [6, 6.07) is 1.59. The lowest BCUT2D eigenvalue weighted by Crippen LogP contribution is -2.53. The minimum absolute atomic E-state index is 0. The number of guanidine groups is 1. The second-order valence-electron chi connectivity index (χ2n) is 8.39. The summed E-state index contributed by atoms with van der Waals surface area (Å²) in [6.07, 6.45) is 4.82. The number of hydrogen-bond donors (Lipinski definition) is 1. The first-order valence-electron chi connectivity index (χ1n) is 10.1. The number of rotatable bonds is 8. The van der Waals surface area contributed by atoms with Crippen molar-refractivity contribution in [1.82, 2.24) is 19.7 Å². The number of sulfonamides is 1. The molecular formula is C19H36IN5O3S. The smallest absolute Gasteiger partial charge is 0.220 e. The largest absolute Gasteiger partial charge is 0.364 e. The highest BCUT2D eigenvalue weighted by atomic mass is 127. The molecule has 0 bridgehead atoms. The van der Waals surface area contributed by atoms with E-state index in [2.05, 4.69) is 36.1 Å². The van der Waals surface area contributed by atoms with Crippen molar-refractivity contribution in [2.75, 3.05) is 39.3 Å². The predicted octanol–water partition coefficient (Wildman–Crippen LogP) is 2.92. The Balaban J connectivity index is 0.00000420. The highest BCUT2D eigenvalue weighted by Gasteiger charge is 2.28. The number of nitrogens with one attached hydrogen (secondary N) is 1. The molecule has 0 saturated carbocycles. The second-order valence-corrected chi connectivity index (χ2v) is 10.4. The van der Waals surface area contributed by atoms with Gasteiger partial charge in [-0.25, -0.2) is 8.42 Å². The summed E-state index contributed by atoms with van der Waals surface area (Å²) in [4.78, 5) is 6.89. The van der Waals surface area contributed by atoms with Gasteiger partial charge >= 0.3 is 0 Å². The average molecular weight is 542 g/mol. The van der Waals surface area contributed by atoms with Crippen LogP contribution in [0.1, 0.15) is 52.7 Å². The van der Waals surface area contributed by atoms with E-state index in [0.29, 0.717) is 37.3 Å². The monoisotopic (exact) mass is 541 g/mol. The molecule has 1 aromatic heterocycles. The van der Waals surface area contributed by atoms with Crippen molar-refractivity contribution in [3.8, 4) is 0 Å². The molecule has 0 radical (unpaired) electrons. The normalized spacial score (nSPS) is 16.6. The molecule has 0 unspecified atom stereocenters. The number of piperazine rings is 1. The van der Waals surface area contributed by atoms with Gasteiger partial charge in [0.2, 0.25) is 10.0 Å². The van der Waals surface area contributed by atoms with Gasteiger partial charge < -0.3 is 14.7 Å². The number of unbranched alkanes of at least 4 members (excludes halogenated alkanes) is 1. The Morgan fingerprint density at radius 3 is 2.48 bits per heavy atom. The fourth-order valence-corrected chi connectivity index (χ4v) is 4.57. The van der Waals surface area contributed by atoms with E-state index in [1.54, 1.807) is 6.07 Å². The molecule has 1 fully saturated rings. The minimum atomic E-state index is -3.38. The first-order valence-corrected chi connectivity index (χ1v) is 11.7. The van der Waals surface area contributed by atoms with Crippen molar-refractivity contribution in [2.45, 2.75) is 52.7 Å². The molecule has 1 aromatic rings. The fourth-order valence-electron chi connectivity index (χ4n) is 3.15. The molecular weight excluding hydrogens is 505 g/mol. The highest BCUT2D eigenvalue weighted by Crippen LogP contribution is 2.21. The van der Waals surface area contributed by atoms with Gasteiger partial charge in [-0.05, 0) is 25.2 Å². The summed E-state index contributed by atoms with van der Waals surface area (Å²) >= 11 is 0. The Bertz CT molecular complexity index is 709. The van der Waals surface area contributed by atoms with Crippen LogP contribution in [0.5, 0.6) is 0 Å². The predicted molar refractivity (Wildman–Crippen MR) is 127 cm³/mol. The van der Waals surface area contributed by atoms with Crippen molar-refractivity contribution in [3.05, 3.63) is 18.0 Å². The van der Waals surface area contributed by atoms with Gasteiger partial charge in [0.1, 0.15) is 12.0 Å². The van der Waals surface area contributed by atoms with Crippen molar-refractivity contribution in [1.29, 1.82) is 0 Å². The topological polar surface area (TPSA) is 91.0 Å². The Morgan fingerprint density at radius 1 is 1.24 bits per heavy atom. The van der Waals surface area contributed by atoms with E-state index in [9.17, 15) is 8.42 Å². The molecule has 1 aliphatic rings. The van der Waals surface area contributed by atoms with E-state index < -0.39 is 10.0 Å². The quantitative estimate of drug-likeness (QED) is 0.236. The zero-order chi connectivity index (χ0) is 20.6. The summed E-state index contributed by atoms with van der Waals surface area (Å²) in [6.45, 7) is 12.6. The molecule has 1 N–H and O–H groups in total. The second kappa shape index (κ2) is 12.1. The van der Waals surface area contributed by atoms with E-state index in [1.165, 1.54) is 23.4 Å². The van der Waals surface area contributed by atoms with Crippen molar-refractivity contribution >= 4 is 40.0 Å². The third-order valence-corrected chi connectivity index (χ3v) is 6.50. The number of nitrogens with zero attached hydrogens (tertiary/aromatic N) is 4. The first kappa shape index (κ1) is 26.2. The molecule has 2 heterocycles. The van der Waals surface area contributed by atoms with Crippen molar-refractivity contribution in [3.63, 3.8) is 0 Å². The van der Waals surface area contributed by atoms with E-state index in [1.807, 2.05) is 6.92 Å². The highest BCUT2D eigenvalue weighted by molar-refractivity contribution is 14.0. The molecule has 10 heteroatoms. The molecule has 0 aliphatic carbocycles. The van der Waals surface area contributed by atoms with E-state index in [0.717, 1.165) is 25.5 Å². The van der Waals surface area contributed by atoms with Crippen LogP contribution in [-0.2, 0) is 15.8 Å². The molecule has 8 nitrogen and oxygen atoms in total. The van der Waals surface area contributed by atoms with Crippen LogP contribution >= 0.6 is 24.0 Å². The molecule has 0 spiro atoms. The van der Waals surface area contributed by atoms with Gasteiger partial charge in [-0.1, -0.05) is 32.3 Å². The molecule has 2 rings (SSSR count). The SMILES string of the molecule is CCNC(=NCCCCC(C)(C)C)N1CCN(S(=O)(=O)Cc2ccon2)CC1.I. The molecule has 0 aromatic carbocycles.